The number of fused-ring (bicyclic) bond motifs is 1. The third-order valence-electron chi connectivity index (χ3n) is 6.00. The number of ether oxygens (including phenoxy) is 1. The first-order valence-corrected chi connectivity index (χ1v) is 13.1. The van der Waals surface area contributed by atoms with Crippen molar-refractivity contribution in [2.75, 3.05) is 38.2 Å². The lowest BCUT2D eigenvalue weighted by atomic mass is 10.1. The van der Waals surface area contributed by atoms with E-state index in [1.54, 1.807) is 18.2 Å². The lowest BCUT2D eigenvalue weighted by Gasteiger charge is -2.34. The Labute approximate surface area is 207 Å². The highest BCUT2D eigenvalue weighted by Crippen LogP contribution is 2.31. The molecule has 1 aromatic heterocycles. The average Bonchev–Trinajstić information content (AvgIpc) is 2.88. The van der Waals surface area contributed by atoms with Crippen molar-refractivity contribution in [3.8, 4) is 17.0 Å². The molecule has 0 aliphatic carbocycles. The first-order chi connectivity index (χ1) is 16.5. The average molecular weight is 539 g/mol. The third kappa shape index (κ3) is 4.38. The van der Waals surface area contributed by atoms with Crippen LogP contribution in [0.25, 0.3) is 22.0 Å². The fraction of sp³-hybridized carbons (Fsp3) is 0.200. The summed E-state index contributed by atoms with van der Waals surface area (Å²) >= 11 is 3.35. The first kappa shape index (κ1) is 22.8. The van der Waals surface area contributed by atoms with Crippen LogP contribution in [-0.4, -0.2) is 56.2 Å². The highest BCUT2D eigenvalue weighted by molar-refractivity contribution is 9.10. The monoisotopic (exact) mass is 538 g/mol. The minimum absolute atomic E-state index is 0.164. The van der Waals surface area contributed by atoms with Gasteiger partial charge in [-0.1, -0.05) is 52.3 Å². The molecule has 4 aromatic rings. The molecule has 0 unspecified atom stereocenters. The zero-order valence-electron chi connectivity index (χ0n) is 18.6. The Morgan fingerprint density at radius 2 is 1.62 bits per heavy atom. The molecule has 0 radical (unpaired) electrons. The van der Waals surface area contributed by atoms with Crippen LogP contribution in [0.5, 0.6) is 5.75 Å². The van der Waals surface area contributed by atoms with Crippen LogP contribution < -0.4 is 9.64 Å². The molecule has 1 aliphatic heterocycles. The van der Waals surface area contributed by atoms with Crippen molar-refractivity contribution in [3.05, 3.63) is 77.3 Å². The number of hydrogen-bond donors (Lipinski definition) is 0. The Balaban J connectivity index is 1.30. The van der Waals surface area contributed by atoms with Crippen molar-refractivity contribution < 1.29 is 13.2 Å². The number of rotatable bonds is 5. The van der Waals surface area contributed by atoms with Crippen molar-refractivity contribution in [1.82, 2.24) is 14.5 Å². The van der Waals surface area contributed by atoms with Crippen molar-refractivity contribution in [2.45, 2.75) is 4.90 Å². The third-order valence-corrected chi connectivity index (χ3v) is 8.41. The van der Waals surface area contributed by atoms with Gasteiger partial charge < -0.3 is 9.64 Å². The van der Waals surface area contributed by atoms with E-state index in [2.05, 4.69) is 55.3 Å². The van der Waals surface area contributed by atoms with Crippen LogP contribution in [0.15, 0.2) is 82.2 Å². The largest absolute Gasteiger partial charge is 0.495 e. The maximum Gasteiger partial charge on any atom is 0.246 e. The minimum Gasteiger partial charge on any atom is -0.495 e. The van der Waals surface area contributed by atoms with E-state index in [0.717, 1.165) is 22.5 Å². The summed E-state index contributed by atoms with van der Waals surface area (Å²) in [4.78, 5) is 2.22. The molecule has 1 fully saturated rings. The molecule has 2 heterocycles. The number of methoxy groups -OCH3 is 1. The van der Waals surface area contributed by atoms with Crippen LogP contribution in [-0.2, 0) is 10.0 Å². The summed E-state index contributed by atoms with van der Waals surface area (Å²) in [6.07, 6.45) is 0. The van der Waals surface area contributed by atoms with Gasteiger partial charge in [-0.05, 0) is 47.2 Å². The molecular weight excluding hydrogens is 516 g/mol. The van der Waals surface area contributed by atoms with Gasteiger partial charge in [0.25, 0.3) is 0 Å². The summed E-state index contributed by atoms with van der Waals surface area (Å²) in [6.45, 7) is 1.76. The second kappa shape index (κ2) is 9.32. The van der Waals surface area contributed by atoms with Crippen molar-refractivity contribution in [3.63, 3.8) is 0 Å². The number of benzene rings is 3. The Morgan fingerprint density at radius 3 is 2.32 bits per heavy atom. The number of aromatic nitrogens is 2. The van der Waals surface area contributed by atoms with Gasteiger partial charge in [0.05, 0.1) is 12.8 Å². The van der Waals surface area contributed by atoms with Crippen molar-refractivity contribution >= 4 is 42.5 Å². The van der Waals surface area contributed by atoms with Crippen LogP contribution in [0.4, 0.5) is 5.82 Å². The fourth-order valence-corrected chi connectivity index (χ4v) is 6.26. The molecular formula is C25H23BrN4O3S. The van der Waals surface area contributed by atoms with Gasteiger partial charge in [0.15, 0.2) is 5.82 Å². The molecule has 0 bridgehead atoms. The molecule has 7 nitrogen and oxygen atoms in total. The Morgan fingerprint density at radius 1 is 0.853 bits per heavy atom. The topological polar surface area (TPSA) is 75.6 Å². The number of sulfonamides is 1. The Hall–Kier alpha value is -3.01. The lowest BCUT2D eigenvalue weighted by Crippen LogP contribution is -2.49. The van der Waals surface area contributed by atoms with E-state index < -0.39 is 10.0 Å². The van der Waals surface area contributed by atoms with Gasteiger partial charge in [-0.25, -0.2) is 8.42 Å². The van der Waals surface area contributed by atoms with Gasteiger partial charge in [0.1, 0.15) is 10.6 Å². The van der Waals surface area contributed by atoms with Crippen molar-refractivity contribution in [2.24, 2.45) is 0 Å². The van der Waals surface area contributed by atoms with E-state index in [4.69, 9.17) is 4.74 Å². The zero-order chi connectivity index (χ0) is 23.7. The van der Waals surface area contributed by atoms with Crippen LogP contribution in [0.3, 0.4) is 0 Å². The van der Waals surface area contributed by atoms with Crippen LogP contribution in [0.2, 0.25) is 0 Å². The predicted octanol–water partition coefficient (Wildman–Crippen LogP) is 4.58. The van der Waals surface area contributed by atoms with Crippen LogP contribution in [0, 0.1) is 0 Å². The molecule has 0 N–H and O–H groups in total. The number of anilines is 1. The van der Waals surface area contributed by atoms with E-state index in [1.165, 1.54) is 16.8 Å². The predicted molar refractivity (Wildman–Crippen MR) is 137 cm³/mol. The molecule has 174 valence electrons. The quantitative estimate of drug-likeness (QED) is 0.370. The minimum atomic E-state index is -3.68. The molecule has 9 heteroatoms. The Bertz CT molecular complexity index is 1440. The summed E-state index contributed by atoms with van der Waals surface area (Å²) < 4.78 is 33.9. The molecule has 5 rings (SSSR count). The molecule has 0 saturated carbocycles. The molecule has 1 aliphatic rings. The van der Waals surface area contributed by atoms with E-state index in [-0.39, 0.29) is 4.90 Å². The highest BCUT2D eigenvalue weighted by atomic mass is 79.9. The first-order valence-electron chi connectivity index (χ1n) is 10.9. The maximum atomic E-state index is 13.2. The summed E-state index contributed by atoms with van der Waals surface area (Å²) in [6, 6.07) is 23.3. The zero-order valence-corrected chi connectivity index (χ0v) is 21.0. The number of piperazine rings is 1. The van der Waals surface area contributed by atoms with Gasteiger partial charge in [-0.3, -0.25) is 0 Å². The normalized spacial score (nSPS) is 14.9. The van der Waals surface area contributed by atoms with Gasteiger partial charge in [0.2, 0.25) is 10.0 Å². The molecule has 0 amide bonds. The molecule has 0 atom stereocenters. The van der Waals surface area contributed by atoms with Crippen molar-refractivity contribution in [1.29, 1.82) is 0 Å². The molecule has 3 aromatic carbocycles. The number of hydrogen-bond acceptors (Lipinski definition) is 6. The molecule has 0 spiro atoms. The highest BCUT2D eigenvalue weighted by Gasteiger charge is 2.31. The van der Waals surface area contributed by atoms with Gasteiger partial charge in [-0.2, -0.15) is 4.31 Å². The lowest BCUT2D eigenvalue weighted by molar-refractivity contribution is 0.373. The van der Waals surface area contributed by atoms with Crippen LogP contribution in [0.1, 0.15) is 0 Å². The SMILES string of the molecule is COc1ccc(Br)cc1S(=O)(=O)N1CCN(c2ccc(-c3ccc4ccccc4c3)nn2)CC1. The van der Waals surface area contributed by atoms with E-state index in [9.17, 15) is 8.42 Å². The summed E-state index contributed by atoms with van der Waals surface area (Å²) in [5.74, 6) is 1.07. The summed E-state index contributed by atoms with van der Waals surface area (Å²) in [5.41, 5.74) is 1.81. The Kier molecular flexibility index (Phi) is 6.24. The van der Waals surface area contributed by atoms with Gasteiger partial charge >= 0.3 is 0 Å². The second-order valence-electron chi connectivity index (χ2n) is 8.03. The maximum absolute atomic E-state index is 13.2. The molecule has 1 saturated heterocycles. The second-order valence-corrected chi connectivity index (χ2v) is 10.8. The van der Waals surface area contributed by atoms with Crippen LogP contribution >= 0.6 is 15.9 Å². The number of nitrogens with zero attached hydrogens (tertiary/aromatic N) is 4. The summed E-state index contributed by atoms with van der Waals surface area (Å²) in [5, 5.41) is 11.2. The van der Waals surface area contributed by atoms with E-state index in [1.807, 2.05) is 30.3 Å². The van der Waals surface area contributed by atoms with Gasteiger partial charge in [0, 0.05) is 36.2 Å². The fourth-order valence-electron chi connectivity index (χ4n) is 4.15. The van der Waals surface area contributed by atoms with Gasteiger partial charge in [-0.15, -0.1) is 10.2 Å². The standard InChI is InChI=1S/C25H23BrN4O3S/c1-33-23-10-8-21(26)17-24(23)34(31,32)30-14-12-29(13-15-30)25-11-9-22(27-28-25)20-7-6-18-4-2-3-5-19(18)16-20/h2-11,16-17H,12-15H2,1H3. The smallest absolute Gasteiger partial charge is 0.246 e. The summed E-state index contributed by atoms with van der Waals surface area (Å²) in [7, 11) is -2.21. The van der Waals surface area contributed by atoms with E-state index in [0.29, 0.717) is 36.4 Å². The molecule has 34 heavy (non-hydrogen) atoms. The van der Waals surface area contributed by atoms with E-state index >= 15 is 0 Å². The number of halogens is 1.